The molecule has 0 aliphatic rings. The van der Waals surface area contributed by atoms with Gasteiger partial charge in [0, 0.05) is 16.6 Å². The second-order valence-electron chi connectivity index (χ2n) is 5.80. The molecule has 8 heteroatoms. The number of hydrogen-bond donors (Lipinski definition) is 2. The van der Waals surface area contributed by atoms with Gasteiger partial charge in [0.1, 0.15) is 6.04 Å². The van der Waals surface area contributed by atoms with Gasteiger partial charge in [0.15, 0.2) is 6.61 Å². The number of thioether (sulfide) groups is 1. The Morgan fingerprint density at radius 3 is 2.42 bits per heavy atom. The van der Waals surface area contributed by atoms with Gasteiger partial charge in [-0.3, -0.25) is 9.59 Å². The fraction of sp³-hybridized carbons (Fsp3) is 0.500. The van der Waals surface area contributed by atoms with Crippen molar-refractivity contribution in [3.63, 3.8) is 0 Å². The van der Waals surface area contributed by atoms with Crippen molar-refractivity contribution in [3.05, 3.63) is 34.9 Å². The first kappa shape index (κ1) is 22.3. The van der Waals surface area contributed by atoms with Crippen molar-refractivity contribution >= 4 is 41.1 Å². The summed E-state index contributed by atoms with van der Waals surface area (Å²) in [5.74, 6) is -0.713. The SMILES string of the molecule is CC[C@H](C)NC(=O)COC(=O)[C@@H](CCSC)NC(=O)c1ccc(Cl)cc1. The number of amides is 2. The molecule has 6 nitrogen and oxygen atoms in total. The van der Waals surface area contributed by atoms with Gasteiger partial charge in [0.2, 0.25) is 0 Å². The normalized spacial score (nSPS) is 12.8. The predicted molar refractivity (Wildman–Crippen MR) is 105 cm³/mol. The zero-order valence-corrected chi connectivity index (χ0v) is 16.8. The molecule has 0 saturated heterocycles. The summed E-state index contributed by atoms with van der Waals surface area (Å²) >= 11 is 7.36. The van der Waals surface area contributed by atoms with E-state index in [0.29, 0.717) is 22.8 Å². The Morgan fingerprint density at radius 2 is 1.85 bits per heavy atom. The minimum absolute atomic E-state index is 0.0121. The lowest BCUT2D eigenvalue weighted by Gasteiger charge is -2.18. The molecule has 0 aliphatic heterocycles. The molecule has 0 aromatic heterocycles. The van der Waals surface area contributed by atoms with Gasteiger partial charge in [0.25, 0.3) is 11.8 Å². The van der Waals surface area contributed by atoms with E-state index in [4.69, 9.17) is 16.3 Å². The number of carbonyl (C=O) groups excluding carboxylic acids is 3. The summed E-state index contributed by atoms with van der Waals surface area (Å²) in [5, 5.41) is 5.90. The van der Waals surface area contributed by atoms with Crippen molar-refractivity contribution in [3.8, 4) is 0 Å². The molecule has 1 rings (SSSR count). The third-order valence-electron chi connectivity index (χ3n) is 3.67. The Bertz CT molecular complexity index is 610. The molecular weight excluding hydrogens is 376 g/mol. The predicted octanol–water partition coefficient (Wildman–Crippen LogP) is 2.65. The monoisotopic (exact) mass is 400 g/mol. The molecule has 0 heterocycles. The molecular formula is C18H25ClN2O4S. The van der Waals surface area contributed by atoms with Crippen molar-refractivity contribution in [1.82, 2.24) is 10.6 Å². The van der Waals surface area contributed by atoms with E-state index in [-0.39, 0.29) is 18.6 Å². The van der Waals surface area contributed by atoms with E-state index in [2.05, 4.69) is 10.6 Å². The standard InChI is InChI=1S/C18H25ClN2O4S/c1-4-12(2)20-16(22)11-25-18(24)15(9-10-26-3)21-17(23)13-5-7-14(19)8-6-13/h5-8,12,15H,4,9-11H2,1-3H3,(H,20,22)(H,21,23)/t12-,15+/m0/s1. The minimum Gasteiger partial charge on any atom is -0.454 e. The Labute approximate surface area is 163 Å². The van der Waals surface area contributed by atoms with Crippen molar-refractivity contribution in [2.24, 2.45) is 0 Å². The van der Waals surface area contributed by atoms with Gasteiger partial charge in [-0.15, -0.1) is 0 Å². The van der Waals surface area contributed by atoms with Gasteiger partial charge in [-0.2, -0.15) is 11.8 Å². The molecule has 0 saturated carbocycles. The Hall–Kier alpha value is -1.73. The van der Waals surface area contributed by atoms with Gasteiger partial charge in [-0.1, -0.05) is 18.5 Å². The molecule has 0 unspecified atom stereocenters. The van der Waals surface area contributed by atoms with Gasteiger partial charge in [-0.25, -0.2) is 4.79 Å². The average molecular weight is 401 g/mol. The van der Waals surface area contributed by atoms with Crippen LogP contribution < -0.4 is 10.6 Å². The van der Waals surface area contributed by atoms with Crippen LogP contribution in [0.25, 0.3) is 0 Å². The number of rotatable bonds is 10. The van der Waals surface area contributed by atoms with Gasteiger partial charge in [0.05, 0.1) is 0 Å². The highest BCUT2D eigenvalue weighted by molar-refractivity contribution is 7.98. The summed E-state index contributed by atoms with van der Waals surface area (Å²) in [4.78, 5) is 36.3. The Balaban J connectivity index is 2.63. The molecule has 0 radical (unpaired) electrons. The molecule has 144 valence electrons. The highest BCUT2D eigenvalue weighted by Crippen LogP contribution is 2.10. The van der Waals surface area contributed by atoms with E-state index in [1.54, 1.807) is 36.0 Å². The van der Waals surface area contributed by atoms with Crippen LogP contribution in [0.2, 0.25) is 5.02 Å². The summed E-state index contributed by atoms with van der Waals surface area (Å²) < 4.78 is 5.07. The van der Waals surface area contributed by atoms with E-state index < -0.39 is 17.9 Å². The van der Waals surface area contributed by atoms with Crippen LogP contribution in [0.1, 0.15) is 37.0 Å². The third-order valence-corrected chi connectivity index (χ3v) is 4.57. The highest BCUT2D eigenvalue weighted by Gasteiger charge is 2.23. The fourth-order valence-electron chi connectivity index (χ4n) is 1.98. The van der Waals surface area contributed by atoms with Crippen LogP contribution in [0.15, 0.2) is 24.3 Å². The lowest BCUT2D eigenvalue weighted by molar-refractivity contribution is -0.150. The molecule has 0 spiro atoms. The summed E-state index contributed by atoms with van der Waals surface area (Å²) in [6.07, 6.45) is 3.10. The lowest BCUT2D eigenvalue weighted by atomic mass is 10.1. The first-order valence-corrected chi connectivity index (χ1v) is 10.2. The maximum absolute atomic E-state index is 12.3. The van der Waals surface area contributed by atoms with E-state index in [0.717, 1.165) is 6.42 Å². The molecule has 0 bridgehead atoms. The number of ether oxygens (including phenoxy) is 1. The second-order valence-corrected chi connectivity index (χ2v) is 7.22. The molecule has 2 amide bonds. The smallest absolute Gasteiger partial charge is 0.329 e. The van der Waals surface area contributed by atoms with Crippen LogP contribution in [0.5, 0.6) is 0 Å². The maximum atomic E-state index is 12.3. The van der Waals surface area contributed by atoms with Crippen molar-refractivity contribution in [1.29, 1.82) is 0 Å². The van der Waals surface area contributed by atoms with Crippen LogP contribution in [0, 0.1) is 0 Å². The summed E-state index contributed by atoms with van der Waals surface area (Å²) in [7, 11) is 0. The van der Waals surface area contributed by atoms with Crippen LogP contribution in [0.3, 0.4) is 0 Å². The molecule has 2 N–H and O–H groups in total. The van der Waals surface area contributed by atoms with Gasteiger partial charge >= 0.3 is 5.97 Å². The fourth-order valence-corrected chi connectivity index (χ4v) is 2.58. The first-order chi connectivity index (χ1) is 12.4. The molecule has 2 atom stereocenters. The molecule has 1 aromatic carbocycles. The Morgan fingerprint density at radius 1 is 1.19 bits per heavy atom. The van der Waals surface area contributed by atoms with Gasteiger partial charge < -0.3 is 15.4 Å². The van der Waals surface area contributed by atoms with E-state index in [1.165, 1.54) is 0 Å². The van der Waals surface area contributed by atoms with Crippen LogP contribution in [-0.2, 0) is 14.3 Å². The number of carbonyl (C=O) groups is 3. The average Bonchev–Trinajstić information content (AvgIpc) is 2.63. The maximum Gasteiger partial charge on any atom is 0.329 e. The van der Waals surface area contributed by atoms with E-state index >= 15 is 0 Å². The summed E-state index contributed by atoms with van der Waals surface area (Å²) in [6, 6.07) is 5.55. The van der Waals surface area contributed by atoms with Crippen molar-refractivity contribution < 1.29 is 19.1 Å². The first-order valence-electron chi connectivity index (χ1n) is 8.38. The van der Waals surface area contributed by atoms with Crippen molar-refractivity contribution in [2.75, 3.05) is 18.6 Å². The third kappa shape index (κ3) is 8.10. The van der Waals surface area contributed by atoms with Crippen LogP contribution in [0.4, 0.5) is 0 Å². The largest absolute Gasteiger partial charge is 0.454 e. The number of halogens is 1. The number of nitrogens with one attached hydrogen (secondary N) is 2. The van der Waals surface area contributed by atoms with Crippen molar-refractivity contribution in [2.45, 2.75) is 38.8 Å². The number of esters is 1. The van der Waals surface area contributed by atoms with Crippen LogP contribution in [-0.4, -0.2) is 48.5 Å². The lowest BCUT2D eigenvalue weighted by Crippen LogP contribution is -2.44. The topological polar surface area (TPSA) is 84.5 Å². The number of hydrogen-bond acceptors (Lipinski definition) is 5. The summed E-state index contributed by atoms with van der Waals surface area (Å²) in [5.41, 5.74) is 0.394. The van der Waals surface area contributed by atoms with E-state index in [1.807, 2.05) is 20.1 Å². The van der Waals surface area contributed by atoms with E-state index in [9.17, 15) is 14.4 Å². The zero-order chi connectivity index (χ0) is 19.5. The molecule has 0 fully saturated rings. The highest BCUT2D eigenvalue weighted by atomic mass is 35.5. The minimum atomic E-state index is -0.818. The molecule has 1 aromatic rings. The summed E-state index contributed by atoms with van der Waals surface area (Å²) in [6.45, 7) is 3.45. The molecule has 0 aliphatic carbocycles. The molecule has 26 heavy (non-hydrogen) atoms. The van der Waals surface area contributed by atoms with Crippen LogP contribution >= 0.6 is 23.4 Å². The van der Waals surface area contributed by atoms with Gasteiger partial charge in [-0.05, 0) is 56.0 Å². The number of benzene rings is 1. The quantitative estimate of drug-likeness (QED) is 0.590. The second kappa shape index (κ2) is 11.8. The zero-order valence-electron chi connectivity index (χ0n) is 15.2. The Kier molecular flexibility index (Phi) is 10.1.